The van der Waals surface area contributed by atoms with Gasteiger partial charge in [-0.3, -0.25) is 14.7 Å². The average Bonchev–Trinajstić information content (AvgIpc) is 2.49. The molecule has 118 valence electrons. The first-order valence-electron chi connectivity index (χ1n) is 7.36. The molecule has 0 spiro atoms. The Morgan fingerprint density at radius 1 is 1.41 bits per heavy atom. The van der Waals surface area contributed by atoms with Crippen LogP contribution in [0.5, 0.6) is 0 Å². The molecule has 0 unspecified atom stereocenters. The third kappa shape index (κ3) is 3.01. The summed E-state index contributed by atoms with van der Waals surface area (Å²) in [5.74, 6) is -0.466. The number of nitrogens with two attached hydrogens (primary N) is 1. The maximum atomic E-state index is 13.4. The highest BCUT2D eigenvalue weighted by Crippen LogP contribution is 2.12. The Labute approximate surface area is 127 Å². The van der Waals surface area contributed by atoms with Crippen molar-refractivity contribution in [1.29, 1.82) is 0 Å². The van der Waals surface area contributed by atoms with Crippen molar-refractivity contribution < 1.29 is 9.50 Å². The van der Waals surface area contributed by atoms with Gasteiger partial charge in [-0.1, -0.05) is 0 Å². The monoisotopic (exact) mass is 306 g/mol. The van der Waals surface area contributed by atoms with Gasteiger partial charge in [0.05, 0.1) is 23.3 Å². The molecule has 1 aliphatic rings. The molecule has 7 heteroatoms. The molecule has 2 aromatic heterocycles. The predicted molar refractivity (Wildman–Crippen MR) is 81.0 cm³/mol. The van der Waals surface area contributed by atoms with Crippen LogP contribution >= 0.6 is 0 Å². The lowest BCUT2D eigenvalue weighted by atomic mass is 10.0. The number of hydrogen-bond acceptors (Lipinski definition) is 5. The van der Waals surface area contributed by atoms with Crippen molar-refractivity contribution in [3.63, 3.8) is 0 Å². The molecule has 0 radical (unpaired) electrons. The molecule has 6 nitrogen and oxygen atoms in total. The van der Waals surface area contributed by atoms with E-state index in [9.17, 15) is 14.3 Å². The number of hydrogen-bond donors (Lipinski definition) is 2. The van der Waals surface area contributed by atoms with Crippen LogP contribution in [0, 0.1) is 5.82 Å². The maximum Gasteiger partial charge on any atom is 0.251 e. The number of fused-ring (bicyclic) bond motifs is 1. The molecular formula is C15H19FN4O2. The van der Waals surface area contributed by atoms with E-state index < -0.39 is 11.9 Å². The second-order valence-corrected chi connectivity index (χ2v) is 5.70. The van der Waals surface area contributed by atoms with E-state index in [4.69, 9.17) is 5.73 Å². The number of rotatable bonds is 3. The van der Waals surface area contributed by atoms with Gasteiger partial charge in [-0.25, -0.2) is 4.39 Å². The minimum atomic E-state index is -0.544. The molecule has 0 aromatic carbocycles. The number of halogens is 1. The van der Waals surface area contributed by atoms with Crippen LogP contribution in [0.1, 0.15) is 6.42 Å². The summed E-state index contributed by atoms with van der Waals surface area (Å²) in [6.45, 7) is 2.29. The molecule has 1 fully saturated rings. The zero-order chi connectivity index (χ0) is 15.7. The zero-order valence-corrected chi connectivity index (χ0v) is 12.2. The second-order valence-electron chi connectivity index (χ2n) is 5.70. The third-order valence-corrected chi connectivity index (χ3v) is 4.16. The van der Waals surface area contributed by atoms with Crippen molar-refractivity contribution in [2.24, 2.45) is 5.73 Å². The highest BCUT2D eigenvalue weighted by Gasteiger charge is 2.24. The van der Waals surface area contributed by atoms with E-state index in [1.165, 1.54) is 16.7 Å². The first-order chi connectivity index (χ1) is 10.5. The van der Waals surface area contributed by atoms with Gasteiger partial charge < -0.3 is 15.4 Å². The lowest BCUT2D eigenvalue weighted by Crippen LogP contribution is -2.51. The Kier molecular flexibility index (Phi) is 4.19. The van der Waals surface area contributed by atoms with Gasteiger partial charge in [0.1, 0.15) is 5.82 Å². The van der Waals surface area contributed by atoms with Crippen molar-refractivity contribution in [2.45, 2.75) is 25.1 Å². The Morgan fingerprint density at radius 2 is 2.23 bits per heavy atom. The Morgan fingerprint density at radius 3 is 3.00 bits per heavy atom. The second kappa shape index (κ2) is 6.12. The smallest absolute Gasteiger partial charge is 0.251 e. The van der Waals surface area contributed by atoms with Gasteiger partial charge in [-0.15, -0.1) is 0 Å². The van der Waals surface area contributed by atoms with Crippen LogP contribution in [0.2, 0.25) is 0 Å². The van der Waals surface area contributed by atoms with Crippen LogP contribution in [-0.2, 0) is 6.54 Å². The predicted octanol–water partition coefficient (Wildman–Crippen LogP) is -0.0705. The van der Waals surface area contributed by atoms with E-state index in [-0.39, 0.29) is 11.6 Å². The summed E-state index contributed by atoms with van der Waals surface area (Å²) < 4.78 is 14.9. The Bertz CT molecular complexity index is 733. The average molecular weight is 306 g/mol. The van der Waals surface area contributed by atoms with Gasteiger partial charge in [0.25, 0.3) is 5.56 Å². The number of aromatic nitrogens is 2. The molecule has 0 bridgehead atoms. The summed E-state index contributed by atoms with van der Waals surface area (Å²) in [4.78, 5) is 18.1. The summed E-state index contributed by atoms with van der Waals surface area (Å²) >= 11 is 0. The van der Waals surface area contributed by atoms with Crippen LogP contribution < -0.4 is 11.3 Å². The fourth-order valence-corrected chi connectivity index (χ4v) is 2.83. The Balaban J connectivity index is 1.80. The van der Waals surface area contributed by atoms with E-state index >= 15 is 0 Å². The van der Waals surface area contributed by atoms with Gasteiger partial charge >= 0.3 is 0 Å². The van der Waals surface area contributed by atoms with E-state index in [1.54, 1.807) is 6.07 Å². The minimum Gasteiger partial charge on any atom is -0.390 e. The minimum absolute atomic E-state index is 0.185. The fraction of sp³-hybridized carbons (Fsp3) is 0.467. The maximum absolute atomic E-state index is 13.4. The van der Waals surface area contributed by atoms with Gasteiger partial charge in [-0.05, 0) is 19.0 Å². The summed E-state index contributed by atoms with van der Waals surface area (Å²) in [7, 11) is 0. The molecule has 1 saturated heterocycles. The number of piperidine rings is 1. The number of pyridine rings is 2. The SMILES string of the molecule is N[C@@H]1CCN(CCn2c(=O)ccc3ncc(F)cc32)C[C@@H]1O. The number of β-amino-alcohol motifs (C(OH)–C–C–N with tert-alkyl or cyclic N) is 1. The van der Waals surface area contributed by atoms with Crippen molar-refractivity contribution in [2.75, 3.05) is 19.6 Å². The molecule has 3 rings (SSSR count). The topological polar surface area (TPSA) is 84.4 Å². The molecule has 22 heavy (non-hydrogen) atoms. The van der Waals surface area contributed by atoms with E-state index in [2.05, 4.69) is 9.88 Å². The molecule has 2 aromatic rings. The first kappa shape index (κ1) is 15.1. The van der Waals surface area contributed by atoms with Gasteiger partial charge in [-0.2, -0.15) is 0 Å². The highest BCUT2D eigenvalue weighted by atomic mass is 19.1. The lowest BCUT2D eigenvalue weighted by Gasteiger charge is -2.34. The van der Waals surface area contributed by atoms with Crippen molar-refractivity contribution >= 4 is 11.0 Å². The van der Waals surface area contributed by atoms with E-state index in [1.807, 2.05) is 0 Å². The van der Waals surface area contributed by atoms with E-state index in [0.29, 0.717) is 30.7 Å². The van der Waals surface area contributed by atoms with Gasteiger partial charge in [0, 0.05) is 37.8 Å². The summed E-state index contributed by atoms with van der Waals surface area (Å²) in [6, 6.07) is 4.17. The molecule has 2 atom stereocenters. The van der Waals surface area contributed by atoms with E-state index in [0.717, 1.165) is 19.2 Å². The number of aliphatic hydroxyl groups is 1. The molecule has 3 N–H and O–H groups in total. The highest BCUT2D eigenvalue weighted by molar-refractivity contribution is 5.74. The zero-order valence-electron chi connectivity index (χ0n) is 12.2. The van der Waals surface area contributed by atoms with Crippen LogP contribution in [0.15, 0.2) is 29.2 Å². The molecular weight excluding hydrogens is 287 g/mol. The van der Waals surface area contributed by atoms with Crippen molar-refractivity contribution in [3.8, 4) is 0 Å². The lowest BCUT2D eigenvalue weighted by molar-refractivity contribution is 0.0520. The van der Waals surface area contributed by atoms with Gasteiger partial charge in [0.2, 0.25) is 0 Å². The molecule has 1 aliphatic heterocycles. The first-order valence-corrected chi connectivity index (χ1v) is 7.36. The molecule has 0 aliphatic carbocycles. The molecule has 0 amide bonds. The molecule has 0 saturated carbocycles. The number of aliphatic hydroxyl groups excluding tert-OH is 1. The van der Waals surface area contributed by atoms with Crippen LogP contribution in [0.4, 0.5) is 4.39 Å². The van der Waals surface area contributed by atoms with Gasteiger partial charge in [0.15, 0.2) is 0 Å². The van der Waals surface area contributed by atoms with Crippen LogP contribution in [-0.4, -0.2) is 51.3 Å². The number of nitrogens with zero attached hydrogens (tertiary/aromatic N) is 3. The summed E-state index contributed by atoms with van der Waals surface area (Å²) in [6.07, 6.45) is 1.32. The largest absolute Gasteiger partial charge is 0.390 e. The van der Waals surface area contributed by atoms with Crippen LogP contribution in [0.25, 0.3) is 11.0 Å². The van der Waals surface area contributed by atoms with Crippen molar-refractivity contribution in [1.82, 2.24) is 14.5 Å². The molecule has 3 heterocycles. The fourth-order valence-electron chi connectivity index (χ4n) is 2.83. The quantitative estimate of drug-likeness (QED) is 0.829. The Hall–Kier alpha value is -1.83. The number of likely N-dealkylation sites (tertiary alicyclic amines) is 1. The summed E-state index contributed by atoms with van der Waals surface area (Å²) in [5.41, 5.74) is 6.67. The van der Waals surface area contributed by atoms with Crippen molar-refractivity contribution in [3.05, 3.63) is 40.6 Å². The standard InChI is InChI=1S/C15H19FN4O2/c16-10-7-13-12(18-8-10)1-2-15(22)20(13)6-5-19-4-3-11(17)14(21)9-19/h1-2,7-8,11,14,21H,3-6,9,17H2/t11-,14+/m1/s1. The van der Waals surface area contributed by atoms with Crippen LogP contribution in [0.3, 0.4) is 0 Å². The normalized spacial score (nSPS) is 23.0. The third-order valence-electron chi connectivity index (χ3n) is 4.16. The summed E-state index contributed by atoms with van der Waals surface area (Å²) in [5, 5.41) is 9.81.